The van der Waals surface area contributed by atoms with Gasteiger partial charge in [-0.15, -0.1) is 0 Å². The summed E-state index contributed by atoms with van der Waals surface area (Å²) in [6.45, 7) is 0. The number of nitrogens with one attached hydrogen (secondary N) is 1. The maximum atomic E-state index is 11.0. The molecule has 1 aromatic heterocycles. The first-order chi connectivity index (χ1) is 8.09. The molecule has 2 atom stereocenters. The monoisotopic (exact) mass is 237 g/mol. The molecular weight excluding hydrogens is 226 g/mol. The van der Waals surface area contributed by atoms with Gasteiger partial charge in [0.1, 0.15) is 11.4 Å². The van der Waals surface area contributed by atoms with Crippen LogP contribution in [0.1, 0.15) is 42.5 Å². The molecule has 2 aliphatic carbocycles. The van der Waals surface area contributed by atoms with E-state index in [1.807, 2.05) is 0 Å². The predicted octanol–water partition coefficient (Wildman–Crippen LogP) is 1.38. The number of rotatable bonds is 4. The second-order valence-electron chi connectivity index (χ2n) is 4.69. The topological polar surface area (TPSA) is 109 Å². The van der Waals surface area contributed by atoms with E-state index >= 15 is 0 Å². The number of aromatic nitrogens is 2. The third-order valence-electron chi connectivity index (χ3n) is 3.42. The Morgan fingerprint density at radius 3 is 2.71 bits per heavy atom. The van der Waals surface area contributed by atoms with Crippen LogP contribution in [-0.4, -0.2) is 26.2 Å². The van der Waals surface area contributed by atoms with Crippen molar-refractivity contribution in [3.05, 3.63) is 21.5 Å². The van der Waals surface area contributed by atoms with E-state index < -0.39 is 16.8 Å². The first-order valence-electron chi connectivity index (χ1n) is 5.55. The van der Waals surface area contributed by atoms with Crippen molar-refractivity contribution in [3.8, 4) is 0 Å². The van der Waals surface area contributed by atoms with Crippen LogP contribution in [0.5, 0.6) is 0 Å². The van der Waals surface area contributed by atoms with Gasteiger partial charge in [-0.05, 0) is 19.3 Å². The van der Waals surface area contributed by atoms with Gasteiger partial charge in [0.25, 0.3) is 0 Å². The zero-order valence-electron chi connectivity index (χ0n) is 8.92. The summed E-state index contributed by atoms with van der Waals surface area (Å²) in [6, 6.07) is 0. The minimum absolute atomic E-state index is 0.0150. The molecule has 7 nitrogen and oxygen atoms in total. The highest BCUT2D eigenvalue weighted by Gasteiger charge is 2.50. The van der Waals surface area contributed by atoms with Gasteiger partial charge in [0.15, 0.2) is 0 Å². The van der Waals surface area contributed by atoms with Crippen LogP contribution in [0.4, 0.5) is 5.69 Å². The Kier molecular flexibility index (Phi) is 1.98. The fourth-order valence-electron chi connectivity index (χ4n) is 2.24. The molecule has 0 aromatic carbocycles. The molecule has 2 aliphatic rings. The van der Waals surface area contributed by atoms with E-state index in [-0.39, 0.29) is 17.5 Å². The summed E-state index contributed by atoms with van der Waals surface area (Å²) in [5, 5.41) is 26.5. The Morgan fingerprint density at radius 2 is 2.24 bits per heavy atom. The molecule has 1 aromatic rings. The molecular formula is C10H11N3O4. The Hall–Kier alpha value is -1.92. The van der Waals surface area contributed by atoms with E-state index in [0.717, 1.165) is 12.8 Å². The normalized spacial score (nSPS) is 26.8. The number of nitrogens with zero attached hydrogens (tertiary/aromatic N) is 2. The summed E-state index contributed by atoms with van der Waals surface area (Å²) >= 11 is 0. The van der Waals surface area contributed by atoms with Gasteiger partial charge in [0.05, 0.1) is 10.8 Å². The van der Waals surface area contributed by atoms with Crippen LogP contribution in [0.2, 0.25) is 0 Å². The van der Waals surface area contributed by atoms with Crippen LogP contribution in [-0.2, 0) is 4.79 Å². The van der Waals surface area contributed by atoms with E-state index in [1.165, 1.54) is 0 Å². The molecule has 0 radical (unpaired) electrons. The molecule has 0 unspecified atom stereocenters. The van der Waals surface area contributed by atoms with Crippen molar-refractivity contribution >= 4 is 11.7 Å². The number of nitro groups is 1. The number of carbonyl (C=O) groups is 1. The van der Waals surface area contributed by atoms with Crippen molar-refractivity contribution in [2.75, 3.05) is 0 Å². The molecule has 3 rings (SSSR count). The molecule has 0 spiro atoms. The van der Waals surface area contributed by atoms with E-state index in [2.05, 4.69) is 10.2 Å². The second-order valence-corrected chi connectivity index (χ2v) is 4.69. The molecule has 17 heavy (non-hydrogen) atoms. The van der Waals surface area contributed by atoms with Crippen molar-refractivity contribution in [3.63, 3.8) is 0 Å². The lowest BCUT2D eigenvalue weighted by molar-refractivity contribution is -0.386. The number of hydrogen-bond donors (Lipinski definition) is 2. The van der Waals surface area contributed by atoms with Crippen molar-refractivity contribution < 1.29 is 14.8 Å². The van der Waals surface area contributed by atoms with Gasteiger partial charge in [-0.25, -0.2) is 0 Å². The average molecular weight is 237 g/mol. The van der Waals surface area contributed by atoms with Crippen LogP contribution < -0.4 is 0 Å². The highest BCUT2D eigenvalue weighted by atomic mass is 16.6. The molecule has 1 heterocycles. The number of carboxylic acids is 1. The highest BCUT2D eigenvalue weighted by molar-refractivity contribution is 5.75. The fourth-order valence-corrected chi connectivity index (χ4v) is 2.24. The van der Waals surface area contributed by atoms with Gasteiger partial charge in [0, 0.05) is 11.8 Å². The van der Waals surface area contributed by atoms with Gasteiger partial charge in [-0.1, -0.05) is 0 Å². The smallest absolute Gasteiger partial charge is 0.313 e. The summed E-state index contributed by atoms with van der Waals surface area (Å²) in [4.78, 5) is 21.4. The summed E-state index contributed by atoms with van der Waals surface area (Å²) in [7, 11) is 0. The van der Waals surface area contributed by atoms with Crippen LogP contribution in [0.15, 0.2) is 0 Å². The summed E-state index contributed by atoms with van der Waals surface area (Å²) in [5.74, 6) is -1.48. The zero-order valence-corrected chi connectivity index (χ0v) is 8.92. The molecule has 7 heteroatoms. The van der Waals surface area contributed by atoms with Crippen molar-refractivity contribution in [1.82, 2.24) is 10.2 Å². The van der Waals surface area contributed by atoms with Crippen LogP contribution in [0, 0.1) is 16.0 Å². The molecule has 2 N–H and O–H groups in total. The van der Waals surface area contributed by atoms with E-state index in [0.29, 0.717) is 17.8 Å². The lowest BCUT2D eigenvalue weighted by Gasteiger charge is -1.95. The summed E-state index contributed by atoms with van der Waals surface area (Å²) < 4.78 is 0. The first kappa shape index (κ1) is 10.2. The van der Waals surface area contributed by atoms with Gasteiger partial charge < -0.3 is 5.11 Å². The van der Waals surface area contributed by atoms with E-state index in [1.54, 1.807) is 0 Å². The standard InChI is InChI=1S/C10H11N3O4/c14-10(15)6-3-5(6)8-9(13(16)17)7(11-12-8)4-1-2-4/h4-6H,1-3H2,(H,11,12)(H,14,15)/t5-,6+/m1/s1. The van der Waals surface area contributed by atoms with E-state index in [4.69, 9.17) is 5.11 Å². The molecule has 2 saturated carbocycles. The summed E-state index contributed by atoms with van der Waals surface area (Å²) in [5.41, 5.74) is 0.909. The Bertz CT molecular complexity index is 506. The highest BCUT2D eigenvalue weighted by Crippen LogP contribution is 2.52. The van der Waals surface area contributed by atoms with Gasteiger partial charge >= 0.3 is 11.7 Å². The number of aromatic amines is 1. The van der Waals surface area contributed by atoms with Gasteiger partial charge in [-0.2, -0.15) is 5.10 Å². The first-order valence-corrected chi connectivity index (χ1v) is 5.55. The van der Waals surface area contributed by atoms with Crippen LogP contribution in [0.25, 0.3) is 0 Å². The maximum absolute atomic E-state index is 11.0. The average Bonchev–Trinajstić information content (AvgIpc) is 3.15. The lowest BCUT2D eigenvalue weighted by atomic mass is 10.1. The molecule has 0 aliphatic heterocycles. The third kappa shape index (κ3) is 1.58. The second kappa shape index (κ2) is 3.28. The SMILES string of the molecule is O=C(O)[C@H]1C[C@H]1c1[nH]nc(C2CC2)c1[N+](=O)[O-]. The van der Waals surface area contributed by atoms with Crippen molar-refractivity contribution in [2.24, 2.45) is 5.92 Å². The third-order valence-corrected chi connectivity index (χ3v) is 3.42. The Balaban J connectivity index is 1.95. The molecule has 0 saturated heterocycles. The quantitative estimate of drug-likeness (QED) is 0.607. The van der Waals surface area contributed by atoms with E-state index in [9.17, 15) is 14.9 Å². The number of hydrogen-bond acceptors (Lipinski definition) is 4. The zero-order chi connectivity index (χ0) is 12.2. The molecule has 0 amide bonds. The number of H-pyrrole nitrogens is 1. The van der Waals surface area contributed by atoms with Crippen LogP contribution >= 0.6 is 0 Å². The Morgan fingerprint density at radius 1 is 1.53 bits per heavy atom. The summed E-state index contributed by atoms with van der Waals surface area (Å²) in [6.07, 6.45) is 2.32. The van der Waals surface area contributed by atoms with Crippen molar-refractivity contribution in [2.45, 2.75) is 31.1 Å². The minimum atomic E-state index is -0.896. The predicted molar refractivity (Wildman–Crippen MR) is 55.7 cm³/mol. The minimum Gasteiger partial charge on any atom is -0.481 e. The van der Waals surface area contributed by atoms with Gasteiger partial charge in [0.2, 0.25) is 0 Å². The van der Waals surface area contributed by atoms with Crippen LogP contribution in [0.3, 0.4) is 0 Å². The Labute approximate surface area is 96.0 Å². The van der Waals surface area contributed by atoms with Crippen molar-refractivity contribution in [1.29, 1.82) is 0 Å². The fraction of sp³-hybridized carbons (Fsp3) is 0.600. The molecule has 2 fully saturated rings. The number of aliphatic carboxylic acids is 1. The number of carboxylic acid groups (broad SMARTS) is 1. The van der Waals surface area contributed by atoms with Gasteiger partial charge in [-0.3, -0.25) is 20.0 Å². The largest absolute Gasteiger partial charge is 0.481 e. The maximum Gasteiger partial charge on any atom is 0.313 e. The molecule has 0 bridgehead atoms. The molecule has 90 valence electrons. The lowest BCUT2D eigenvalue weighted by Crippen LogP contribution is -2.01.